The first-order chi connectivity index (χ1) is 6.84. The summed E-state index contributed by atoms with van der Waals surface area (Å²) >= 11 is 0. The molecule has 0 radical (unpaired) electrons. The van der Waals surface area contributed by atoms with Crippen LogP contribution in [0.1, 0.15) is 6.92 Å². The van der Waals surface area contributed by atoms with Crippen LogP contribution in [0.25, 0.3) is 0 Å². The maximum Gasteiger partial charge on any atom is 0.0992 e. The molecular formula is C12H12N2. The summed E-state index contributed by atoms with van der Waals surface area (Å²) in [6.07, 6.45) is 12.9. The van der Waals surface area contributed by atoms with Gasteiger partial charge in [-0.15, -0.1) is 0 Å². The van der Waals surface area contributed by atoms with E-state index in [1.54, 1.807) is 0 Å². The molecule has 0 fully saturated rings. The van der Waals surface area contributed by atoms with Crippen LogP contribution < -0.4 is 5.32 Å². The second-order valence-corrected chi connectivity index (χ2v) is 3.85. The molecule has 2 unspecified atom stereocenters. The van der Waals surface area contributed by atoms with E-state index in [2.05, 4.69) is 46.8 Å². The summed E-state index contributed by atoms with van der Waals surface area (Å²) in [7, 11) is 0. The molecule has 0 bridgehead atoms. The summed E-state index contributed by atoms with van der Waals surface area (Å²) in [6.45, 7) is 2.02. The first-order valence-corrected chi connectivity index (χ1v) is 4.93. The molecule has 0 spiro atoms. The molecular weight excluding hydrogens is 172 g/mol. The molecule has 14 heavy (non-hydrogen) atoms. The van der Waals surface area contributed by atoms with Crippen molar-refractivity contribution in [2.24, 2.45) is 10.9 Å². The lowest BCUT2D eigenvalue weighted by molar-refractivity contribution is 0.548. The van der Waals surface area contributed by atoms with E-state index in [1.807, 2.05) is 6.92 Å². The highest BCUT2D eigenvalue weighted by Crippen LogP contribution is 2.34. The molecule has 1 heterocycles. The number of hydrogen-bond acceptors (Lipinski definition) is 2. The molecule has 1 aliphatic heterocycles. The van der Waals surface area contributed by atoms with E-state index in [9.17, 15) is 0 Å². The highest BCUT2D eigenvalue weighted by atomic mass is 15.1. The van der Waals surface area contributed by atoms with E-state index >= 15 is 0 Å². The Morgan fingerprint density at radius 2 is 2.21 bits per heavy atom. The van der Waals surface area contributed by atoms with Crippen molar-refractivity contribution in [3.05, 3.63) is 47.7 Å². The Bertz CT molecular complexity index is 422. The predicted octanol–water partition coefficient (Wildman–Crippen LogP) is 1.94. The number of allylic oxidation sites excluding steroid dienone is 5. The number of hydrogen-bond donors (Lipinski definition) is 1. The fourth-order valence-corrected chi connectivity index (χ4v) is 2.29. The van der Waals surface area contributed by atoms with Crippen molar-refractivity contribution in [1.29, 1.82) is 0 Å². The average Bonchev–Trinajstić information content (AvgIpc) is 2.18. The van der Waals surface area contributed by atoms with Gasteiger partial charge in [0.25, 0.3) is 0 Å². The Morgan fingerprint density at radius 3 is 3.14 bits per heavy atom. The second-order valence-electron chi connectivity index (χ2n) is 3.85. The van der Waals surface area contributed by atoms with Crippen LogP contribution in [0.4, 0.5) is 0 Å². The summed E-state index contributed by atoms with van der Waals surface area (Å²) < 4.78 is 0. The number of nitrogens with one attached hydrogen (secondary N) is 1. The zero-order valence-corrected chi connectivity index (χ0v) is 8.07. The zero-order chi connectivity index (χ0) is 9.54. The molecule has 2 heteroatoms. The van der Waals surface area contributed by atoms with Gasteiger partial charge in [0.1, 0.15) is 0 Å². The molecule has 0 amide bonds. The number of amidine groups is 1. The van der Waals surface area contributed by atoms with Crippen molar-refractivity contribution >= 4 is 5.84 Å². The van der Waals surface area contributed by atoms with Gasteiger partial charge in [0.15, 0.2) is 0 Å². The van der Waals surface area contributed by atoms with E-state index < -0.39 is 0 Å². The van der Waals surface area contributed by atoms with Gasteiger partial charge in [-0.2, -0.15) is 0 Å². The lowest BCUT2D eigenvalue weighted by Gasteiger charge is -2.35. The smallest absolute Gasteiger partial charge is 0.0992 e. The van der Waals surface area contributed by atoms with Crippen molar-refractivity contribution in [3.63, 3.8) is 0 Å². The molecule has 0 saturated heterocycles. The summed E-state index contributed by atoms with van der Waals surface area (Å²) in [6, 6.07) is 0.392. The van der Waals surface area contributed by atoms with Gasteiger partial charge in [-0.1, -0.05) is 30.4 Å². The van der Waals surface area contributed by atoms with Crippen molar-refractivity contribution < 1.29 is 0 Å². The van der Waals surface area contributed by atoms with Gasteiger partial charge < -0.3 is 5.32 Å². The van der Waals surface area contributed by atoms with Crippen molar-refractivity contribution in [2.75, 3.05) is 0 Å². The van der Waals surface area contributed by atoms with Gasteiger partial charge in [-0.3, -0.25) is 0 Å². The van der Waals surface area contributed by atoms with Crippen LogP contribution in [0.2, 0.25) is 0 Å². The third-order valence-electron chi connectivity index (χ3n) is 2.87. The summed E-state index contributed by atoms with van der Waals surface area (Å²) in [5.74, 6) is 1.44. The maximum absolute atomic E-state index is 4.53. The van der Waals surface area contributed by atoms with Gasteiger partial charge in [0.05, 0.1) is 23.5 Å². The fourth-order valence-electron chi connectivity index (χ4n) is 2.29. The molecule has 3 rings (SSSR count). The normalized spacial score (nSPS) is 32.5. The highest BCUT2D eigenvalue weighted by Gasteiger charge is 2.31. The van der Waals surface area contributed by atoms with Gasteiger partial charge >= 0.3 is 0 Å². The van der Waals surface area contributed by atoms with Crippen molar-refractivity contribution in [2.45, 2.75) is 13.0 Å². The van der Waals surface area contributed by atoms with E-state index in [0.717, 1.165) is 5.84 Å². The topological polar surface area (TPSA) is 24.4 Å². The number of rotatable bonds is 0. The Kier molecular flexibility index (Phi) is 1.51. The van der Waals surface area contributed by atoms with Crippen LogP contribution in [0.3, 0.4) is 0 Å². The van der Waals surface area contributed by atoms with E-state index in [4.69, 9.17) is 0 Å². The van der Waals surface area contributed by atoms with Crippen LogP contribution in [-0.4, -0.2) is 11.9 Å². The molecule has 0 aromatic carbocycles. The summed E-state index contributed by atoms with van der Waals surface area (Å²) in [5, 5.41) is 3.39. The van der Waals surface area contributed by atoms with E-state index in [1.165, 1.54) is 11.3 Å². The Morgan fingerprint density at radius 1 is 1.29 bits per heavy atom. The van der Waals surface area contributed by atoms with E-state index in [0.29, 0.717) is 12.0 Å². The fraction of sp³-hybridized carbons (Fsp3) is 0.250. The quantitative estimate of drug-likeness (QED) is 0.611. The minimum absolute atomic E-state index is 0.392. The molecule has 0 saturated carbocycles. The third kappa shape index (κ3) is 1.00. The van der Waals surface area contributed by atoms with Gasteiger partial charge in [0, 0.05) is 0 Å². The number of nitrogens with zero attached hydrogens (tertiary/aromatic N) is 1. The van der Waals surface area contributed by atoms with Crippen LogP contribution in [0.5, 0.6) is 0 Å². The van der Waals surface area contributed by atoms with Crippen LogP contribution in [0.15, 0.2) is 52.7 Å². The molecule has 2 aliphatic carbocycles. The predicted molar refractivity (Wildman–Crippen MR) is 58.0 cm³/mol. The van der Waals surface area contributed by atoms with Gasteiger partial charge in [0.2, 0.25) is 0 Å². The largest absolute Gasteiger partial charge is 0.367 e. The Balaban J connectivity index is 2.15. The highest BCUT2D eigenvalue weighted by molar-refractivity contribution is 5.83. The minimum atomic E-state index is 0.392. The maximum atomic E-state index is 4.53. The SMILES string of the molecule is CC1=NC2=CC=CC3=CC=CC(N1)C32. The van der Waals surface area contributed by atoms with Crippen LogP contribution in [0, 0.1) is 5.92 Å². The van der Waals surface area contributed by atoms with E-state index in [-0.39, 0.29) is 0 Å². The molecule has 2 nitrogen and oxygen atoms in total. The summed E-state index contributed by atoms with van der Waals surface area (Å²) in [5.41, 5.74) is 2.54. The standard InChI is InChI=1S/C12H12N2/c1-8-13-10-6-2-4-9-5-3-7-11(14-8)12(9)10/h2-7,10,12H,1H3,(H,13,14). The first-order valence-electron chi connectivity index (χ1n) is 4.93. The van der Waals surface area contributed by atoms with Crippen molar-refractivity contribution in [1.82, 2.24) is 5.32 Å². The monoisotopic (exact) mass is 184 g/mol. The molecule has 2 atom stereocenters. The van der Waals surface area contributed by atoms with Crippen LogP contribution >= 0.6 is 0 Å². The molecule has 0 aromatic heterocycles. The van der Waals surface area contributed by atoms with Crippen LogP contribution in [-0.2, 0) is 0 Å². The molecule has 0 aromatic rings. The van der Waals surface area contributed by atoms with Crippen molar-refractivity contribution in [3.8, 4) is 0 Å². The number of aliphatic imine (C=N–C) groups is 1. The molecule has 70 valence electrons. The second kappa shape index (κ2) is 2.71. The minimum Gasteiger partial charge on any atom is -0.367 e. The lowest BCUT2D eigenvalue weighted by atomic mass is 9.81. The molecule has 3 aliphatic rings. The summed E-state index contributed by atoms with van der Waals surface area (Å²) in [4.78, 5) is 4.53. The third-order valence-corrected chi connectivity index (χ3v) is 2.87. The van der Waals surface area contributed by atoms with Gasteiger partial charge in [-0.05, 0) is 18.6 Å². The average molecular weight is 184 g/mol. The van der Waals surface area contributed by atoms with Gasteiger partial charge in [-0.25, -0.2) is 4.99 Å². The Labute approximate surface area is 83.4 Å². The molecule has 1 N–H and O–H groups in total. The zero-order valence-electron chi connectivity index (χ0n) is 8.07. The lowest BCUT2D eigenvalue weighted by Crippen LogP contribution is -2.44. The first kappa shape index (κ1) is 7.80. The Hall–Kier alpha value is -1.57.